The summed E-state index contributed by atoms with van der Waals surface area (Å²) in [6, 6.07) is 18.9. The maximum Gasteiger partial charge on any atom is 0.319 e. The van der Waals surface area contributed by atoms with Crippen molar-refractivity contribution in [3.8, 4) is 11.5 Å². The average Bonchev–Trinajstić information content (AvgIpc) is 3.21. The highest BCUT2D eigenvalue weighted by molar-refractivity contribution is 7.98. The van der Waals surface area contributed by atoms with E-state index in [-0.39, 0.29) is 18.9 Å². The first kappa shape index (κ1) is 19.1. The van der Waals surface area contributed by atoms with Gasteiger partial charge in [0.2, 0.25) is 6.79 Å². The molecule has 1 atom stereocenters. The third-order valence-electron chi connectivity index (χ3n) is 4.45. The van der Waals surface area contributed by atoms with Gasteiger partial charge in [-0.05, 0) is 54.4 Å². The summed E-state index contributed by atoms with van der Waals surface area (Å²) in [5.74, 6) is 2.21. The maximum atomic E-state index is 12.4. The molecule has 6 nitrogen and oxygen atoms in total. The number of hydrogen-bond acceptors (Lipinski definition) is 5. The number of thioether (sulfide) groups is 1. The normalized spacial score (nSPS) is 13.0. The van der Waals surface area contributed by atoms with Crippen LogP contribution < -0.4 is 20.1 Å². The van der Waals surface area contributed by atoms with Gasteiger partial charge in [0.05, 0.1) is 11.1 Å². The summed E-state index contributed by atoms with van der Waals surface area (Å²) in [5.41, 5.74) is 2.81. The summed E-state index contributed by atoms with van der Waals surface area (Å²) >= 11 is 1.66. The SMILES string of the molecule is CC(NC(=O)Nc1cccc(CSc2ccccn2)c1)c1ccc2c(c1)OCO2. The van der Waals surface area contributed by atoms with Crippen molar-refractivity contribution in [2.24, 2.45) is 0 Å². The Morgan fingerprint density at radius 3 is 2.86 bits per heavy atom. The van der Waals surface area contributed by atoms with Crippen LogP contribution in [0.2, 0.25) is 0 Å². The Hall–Kier alpha value is -3.19. The van der Waals surface area contributed by atoms with E-state index < -0.39 is 0 Å². The molecule has 0 spiro atoms. The molecule has 3 aromatic rings. The fourth-order valence-corrected chi connectivity index (χ4v) is 3.76. The molecule has 7 heteroatoms. The number of benzene rings is 2. The van der Waals surface area contributed by atoms with Gasteiger partial charge in [0.15, 0.2) is 11.5 Å². The van der Waals surface area contributed by atoms with E-state index in [4.69, 9.17) is 9.47 Å². The number of rotatable bonds is 6. The van der Waals surface area contributed by atoms with Crippen molar-refractivity contribution in [2.75, 3.05) is 12.1 Å². The predicted molar refractivity (Wildman–Crippen MR) is 113 cm³/mol. The van der Waals surface area contributed by atoms with Gasteiger partial charge in [-0.15, -0.1) is 11.8 Å². The summed E-state index contributed by atoms with van der Waals surface area (Å²) in [6.07, 6.45) is 1.78. The highest BCUT2D eigenvalue weighted by Crippen LogP contribution is 2.34. The predicted octanol–water partition coefficient (Wildman–Crippen LogP) is 4.99. The second-order valence-electron chi connectivity index (χ2n) is 6.59. The molecule has 1 aliphatic heterocycles. The lowest BCUT2D eigenvalue weighted by atomic mass is 10.1. The first-order valence-corrected chi connectivity index (χ1v) is 10.3. The van der Waals surface area contributed by atoms with Crippen LogP contribution in [0, 0.1) is 0 Å². The molecule has 29 heavy (non-hydrogen) atoms. The van der Waals surface area contributed by atoms with Crippen molar-refractivity contribution in [3.05, 3.63) is 78.0 Å². The number of anilines is 1. The molecule has 0 saturated carbocycles. The number of nitrogens with zero attached hydrogens (tertiary/aromatic N) is 1. The molecule has 0 aliphatic carbocycles. The van der Waals surface area contributed by atoms with E-state index in [9.17, 15) is 4.79 Å². The van der Waals surface area contributed by atoms with Gasteiger partial charge in [-0.25, -0.2) is 9.78 Å². The van der Waals surface area contributed by atoms with Gasteiger partial charge in [0.1, 0.15) is 0 Å². The zero-order chi connectivity index (χ0) is 20.1. The molecule has 0 bridgehead atoms. The molecule has 148 valence electrons. The second-order valence-corrected chi connectivity index (χ2v) is 7.59. The van der Waals surface area contributed by atoms with Crippen LogP contribution in [0.5, 0.6) is 11.5 Å². The number of ether oxygens (including phenoxy) is 2. The minimum Gasteiger partial charge on any atom is -0.454 e. The molecule has 1 unspecified atom stereocenters. The largest absolute Gasteiger partial charge is 0.454 e. The van der Waals surface area contributed by atoms with Crippen LogP contribution >= 0.6 is 11.8 Å². The molecule has 2 amide bonds. The Balaban J connectivity index is 1.33. The van der Waals surface area contributed by atoms with E-state index in [1.807, 2.05) is 67.6 Å². The molecule has 2 N–H and O–H groups in total. The number of fused-ring (bicyclic) bond motifs is 1. The lowest BCUT2D eigenvalue weighted by Gasteiger charge is -2.16. The number of urea groups is 1. The lowest BCUT2D eigenvalue weighted by molar-refractivity contribution is 0.174. The molecular weight excluding hydrogens is 386 g/mol. The standard InChI is InChI=1S/C22H21N3O3S/c1-15(17-8-9-19-20(12-17)28-14-27-19)24-22(26)25-18-6-4-5-16(11-18)13-29-21-7-2-3-10-23-21/h2-12,15H,13-14H2,1H3,(H2,24,25,26). The van der Waals surface area contributed by atoms with Crippen LogP contribution in [0.4, 0.5) is 10.5 Å². The van der Waals surface area contributed by atoms with E-state index >= 15 is 0 Å². The quantitative estimate of drug-likeness (QED) is 0.564. The molecule has 0 saturated heterocycles. The van der Waals surface area contributed by atoms with Gasteiger partial charge in [-0.1, -0.05) is 24.3 Å². The summed E-state index contributed by atoms with van der Waals surface area (Å²) in [4.78, 5) is 16.7. The number of amides is 2. The topological polar surface area (TPSA) is 72.5 Å². The van der Waals surface area contributed by atoms with Crippen molar-refractivity contribution >= 4 is 23.5 Å². The Bertz CT molecular complexity index is 998. The number of carbonyl (C=O) groups excluding carboxylic acids is 1. The van der Waals surface area contributed by atoms with Crippen LogP contribution in [0.1, 0.15) is 24.1 Å². The Kier molecular flexibility index (Phi) is 5.86. The van der Waals surface area contributed by atoms with Crippen LogP contribution in [-0.4, -0.2) is 17.8 Å². The van der Waals surface area contributed by atoms with Crippen LogP contribution in [-0.2, 0) is 5.75 Å². The second kappa shape index (κ2) is 8.87. The monoisotopic (exact) mass is 407 g/mol. The molecular formula is C22H21N3O3S. The van der Waals surface area contributed by atoms with Crippen LogP contribution in [0.25, 0.3) is 0 Å². The average molecular weight is 407 g/mol. The highest BCUT2D eigenvalue weighted by Gasteiger charge is 2.17. The molecule has 0 fully saturated rings. The molecule has 4 rings (SSSR count). The number of aromatic nitrogens is 1. The molecule has 1 aliphatic rings. The maximum absolute atomic E-state index is 12.4. The summed E-state index contributed by atoms with van der Waals surface area (Å²) < 4.78 is 10.7. The summed E-state index contributed by atoms with van der Waals surface area (Å²) in [7, 11) is 0. The third kappa shape index (κ3) is 5.00. The highest BCUT2D eigenvalue weighted by atomic mass is 32.2. The molecule has 1 aromatic heterocycles. The molecule has 2 heterocycles. The lowest BCUT2D eigenvalue weighted by Crippen LogP contribution is -2.31. The molecule has 0 radical (unpaired) electrons. The number of nitrogens with one attached hydrogen (secondary N) is 2. The van der Waals surface area contributed by atoms with Crippen LogP contribution in [0.15, 0.2) is 71.9 Å². The number of hydrogen-bond donors (Lipinski definition) is 2. The first-order valence-electron chi connectivity index (χ1n) is 9.27. The Morgan fingerprint density at radius 1 is 1.10 bits per heavy atom. The van der Waals surface area contributed by atoms with E-state index in [0.29, 0.717) is 5.75 Å². The number of carbonyl (C=O) groups is 1. The third-order valence-corrected chi connectivity index (χ3v) is 5.47. The van der Waals surface area contributed by atoms with Crippen molar-refractivity contribution in [3.63, 3.8) is 0 Å². The van der Waals surface area contributed by atoms with Crippen LogP contribution in [0.3, 0.4) is 0 Å². The minimum atomic E-state index is -0.260. The van der Waals surface area contributed by atoms with Crippen molar-refractivity contribution < 1.29 is 14.3 Å². The zero-order valence-corrected chi connectivity index (χ0v) is 16.7. The number of pyridine rings is 1. The van der Waals surface area contributed by atoms with E-state index in [1.165, 1.54) is 0 Å². The van der Waals surface area contributed by atoms with E-state index in [0.717, 1.165) is 33.3 Å². The van der Waals surface area contributed by atoms with E-state index in [2.05, 4.69) is 15.6 Å². The van der Waals surface area contributed by atoms with Gasteiger partial charge in [-0.2, -0.15) is 0 Å². The Labute approximate surface area is 173 Å². The Morgan fingerprint density at radius 2 is 2.00 bits per heavy atom. The first-order chi connectivity index (χ1) is 14.2. The van der Waals surface area contributed by atoms with Gasteiger partial charge in [0, 0.05) is 17.6 Å². The van der Waals surface area contributed by atoms with Gasteiger partial charge in [-0.3, -0.25) is 0 Å². The van der Waals surface area contributed by atoms with E-state index in [1.54, 1.807) is 18.0 Å². The van der Waals surface area contributed by atoms with Gasteiger partial charge >= 0.3 is 6.03 Å². The molecule has 2 aromatic carbocycles. The van der Waals surface area contributed by atoms with Crippen molar-refractivity contribution in [1.29, 1.82) is 0 Å². The van der Waals surface area contributed by atoms with Crippen molar-refractivity contribution in [2.45, 2.75) is 23.7 Å². The summed E-state index contributed by atoms with van der Waals surface area (Å²) in [6.45, 7) is 2.16. The zero-order valence-electron chi connectivity index (χ0n) is 15.9. The fourth-order valence-electron chi connectivity index (χ4n) is 2.96. The van der Waals surface area contributed by atoms with Gasteiger partial charge < -0.3 is 20.1 Å². The summed E-state index contributed by atoms with van der Waals surface area (Å²) in [5, 5.41) is 6.83. The smallest absolute Gasteiger partial charge is 0.319 e. The minimum absolute atomic E-state index is 0.174. The van der Waals surface area contributed by atoms with Gasteiger partial charge in [0.25, 0.3) is 0 Å². The fraction of sp³-hybridized carbons (Fsp3) is 0.182. The van der Waals surface area contributed by atoms with Crippen molar-refractivity contribution in [1.82, 2.24) is 10.3 Å².